The van der Waals surface area contributed by atoms with Crippen molar-refractivity contribution >= 4 is 28.8 Å². The molecule has 0 aromatic heterocycles. The first-order valence-electron chi connectivity index (χ1n) is 17.7. The molecule has 0 amide bonds. The van der Waals surface area contributed by atoms with Crippen molar-refractivity contribution in [1.82, 2.24) is 4.90 Å². The Labute approximate surface area is 289 Å². The predicted molar refractivity (Wildman–Crippen MR) is 190 cm³/mol. The number of allylic oxidation sites excluding steroid dienone is 4. The molecule has 1 saturated heterocycles. The number of anilines is 2. The van der Waals surface area contributed by atoms with E-state index in [1.54, 1.807) is 0 Å². The van der Waals surface area contributed by atoms with Gasteiger partial charge in [-0.3, -0.25) is 4.79 Å². The topological polar surface area (TPSA) is 80.1 Å². The quantitative estimate of drug-likeness (QED) is 0.291. The van der Waals surface area contributed by atoms with Crippen LogP contribution in [0.4, 0.5) is 15.8 Å². The summed E-state index contributed by atoms with van der Waals surface area (Å²) < 4.78 is 26.7. The number of likely N-dealkylation sites (tertiary alicyclic amines) is 1. The van der Waals surface area contributed by atoms with E-state index in [1.165, 1.54) is 25.3 Å². The lowest BCUT2D eigenvalue weighted by Crippen LogP contribution is -2.46. The molecule has 0 bridgehead atoms. The molecular weight excluding hydrogens is 627 g/mol. The van der Waals surface area contributed by atoms with Crippen LogP contribution >= 0.6 is 11.6 Å². The molecule has 3 N–H and O–H groups in total. The van der Waals surface area contributed by atoms with Crippen molar-refractivity contribution in [2.24, 2.45) is 11.7 Å². The summed E-state index contributed by atoms with van der Waals surface area (Å²) in [7, 11) is 0. The number of hydrogen-bond donors (Lipinski definition) is 2. The number of fused-ring (bicyclic) bond motifs is 1. The molecule has 2 fully saturated rings. The van der Waals surface area contributed by atoms with Gasteiger partial charge in [-0.25, -0.2) is 4.39 Å². The van der Waals surface area contributed by atoms with E-state index in [1.807, 2.05) is 55.2 Å². The Morgan fingerprint density at radius 1 is 1.08 bits per heavy atom. The van der Waals surface area contributed by atoms with E-state index in [0.29, 0.717) is 59.5 Å². The zero-order valence-electron chi connectivity index (χ0n) is 28.4. The molecule has 9 heteroatoms. The normalized spacial score (nSPS) is 25.4. The maximum absolute atomic E-state index is 14.5. The molecule has 256 valence electrons. The number of benzene rings is 2. The third-order valence-corrected chi connectivity index (χ3v) is 11.3. The second-order valence-electron chi connectivity index (χ2n) is 14.7. The summed E-state index contributed by atoms with van der Waals surface area (Å²) in [6.45, 7) is 8.92. The Bertz CT molecular complexity index is 1680. The monoisotopic (exact) mass is 674 g/mol. The smallest absolute Gasteiger partial charge is 0.187 e. The molecule has 2 atom stereocenters. The van der Waals surface area contributed by atoms with Crippen molar-refractivity contribution in [1.29, 1.82) is 0 Å². The van der Waals surface area contributed by atoms with Crippen molar-refractivity contribution in [3.63, 3.8) is 0 Å². The van der Waals surface area contributed by atoms with Crippen LogP contribution in [-0.2, 0) is 11.2 Å². The number of piperidine rings is 1. The van der Waals surface area contributed by atoms with Gasteiger partial charge in [-0.15, -0.1) is 0 Å². The minimum atomic E-state index is -0.867. The maximum Gasteiger partial charge on any atom is 0.187 e. The molecule has 0 spiro atoms. The van der Waals surface area contributed by atoms with Gasteiger partial charge in [-0.05, 0) is 112 Å². The molecule has 3 heterocycles. The van der Waals surface area contributed by atoms with Gasteiger partial charge in [-0.2, -0.15) is 0 Å². The van der Waals surface area contributed by atoms with Crippen molar-refractivity contribution < 1.29 is 18.7 Å². The average Bonchev–Trinajstić information content (AvgIpc) is 3.29. The van der Waals surface area contributed by atoms with E-state index in [2.05, 4.69) is 17.1 Å². The van der Waals surface area contributed by atoms with E-state index >= 15 is 0 Å². The molecule has 2 aromatic rings. The van der Waals surface area contributed by atoms with Crippen LogP contribution in [0, 0.1) is 12.8 Å². The largest absolute Gasteiger partial charge is 0.489 e. The average molecular weight is 675 g/mol. The number of nitrogens with two attached hydrogens (primary N) is 1. The number of carbonyl (C=O) groups is 1. The van der Waals surface area contributed by atoms with Gasteiger partial charge in [0.1, 0.15) is 34.7 Å². The first-order valence-corrected chi connectivity index (χ1v) is 18.1. The number of ketones is 1. The Morgan fingerprint density at radius 3 is 2.58 bits per heavy atom. The summed E-state index contributed by atoms with van der Waals surface area (Å²) in [6, 6.07) is 10.5. The highest BCUT2D eigenvalue weighted by atomic mass is 35.5. The van der Waals surface area contributed by atoms with Crippen molar-refractivity contribution in [3.8, 4) is 11.5 Å². The molecule has 3 aliphatic heterocycles. The maximum atomic E-state index is 14.5. The first kappa shape index (κ1) is 33.0. The molecule has 0 radical (unpaired) electrons. The number of ether oxygens (including phenoxy) is 2. The molecule has 2 unspecified atom stereocenters. The summed E-state index contributed by atoms with van der Waals surface area (Å²) in [6.07, 6.45) is 12.7. The van der Waals surface area contributed by atoms with Gasteiger partial charge in [0.05, 0.1) is 5.02 Å². The van der Waals surface area contributed by atoms with Crippen molar-refractivity contribution in [2.75, 3.05) is 29.9 Å². The van der Waals surface area contributed by atoms with Gasteiger partial charge >= 0.3 is 0 Å². The molecular formula is C39H48ClFN4O3. The van der Waals surface area contributed by atoms with Gasteiger partial charge in [0.2, 0.25) is 0 Å². The second-order valence-corrected chi connectivity index (χ2v) is 15.1. The van der Waals surface area contributed by atoms with E-state index in [9.17, 15) is 9.18 Å². The molecule has 2 aliphatic carbocycles. The summed E-state index contributed by atoms with van der Waals surface area (Å²) in [5.41, 5.74) is 10.3. The fourth-order valence-electron chi connectivity index (χ4n) is 7.86. The van der Waals surface area contributed by atoms with Crippen molar-refractivity contribution in [2.45, 2.75) is 103 Å². The Hall–Kier alpha value is -3.49. The van der Waals surface area contributed by atoms with Gasteiger partial charge in [0.25, 0.3) is 0 Å². The minimum Gasteiger partial charge on any atom is -0.489 e. The minimum absolute atomic E-state index is 0.00125. The van der Waals surface area contributed by atoms with Crippen LogP contribution in [-0.4, -0.2) is 48.0 Å². The number of rotatable bonds is 8. The summed E-state index contributed by atoms with van der Waals surface area (Å²) >= 11 is 6.77. The van der Waals surface area contributed by atoms with Gasteiger partial charge in [-0.1, -0.05) is 31.0 Å². The molecule has 7 rings (SSSR count). The zero-order valence-corrected chi connectivity index (χ0v) is 29.2. The summed E-state index contributed by atoms with van der Waals surface area (Å²) in [5.74, 6) is 2.10. The lowest BCUT2D eigenvalue weighted by atomic mass is 9.84. The lowest BCUT2D eigenvalue weighted by Gasteiger charge is -2.41. The van der Waals surface area contributed by atoms with Crippen LogP contribution in [0.1, 0.15) is 82.8 Å². The molecule has 7 nitrogen and oxygen atoms in total. The summed E-state index contributed by atoms with van der Waals surface area (Å²) in [4.78, 5) is 19.1. The van der Waals surface area contributed by atoms with Crippen LogP contribution in [0.15, 0.2) is 65.5 Å². The van der Waals surface area contributed by atoms with Crippen LogP contribution in [0.25, 0.3) is 0 Å². The van der Waals surface area contributed by atoms with E-state index in [0.717, 1.165) is 67.3 Å². The van der Waals surface area contributed by atoms with Crippen LogP contribution in [0.5, 0.6) is 11.5 Å². The molecule has 48 heavy (non-hydrogen) atoms. The SMILES string of the molecule is Cc1cc(N2CCC(C)CC(C(=O)C3(C)Cc4cc(OC5CCN(C6CCC6)CC5)c(Cl)cc4N3)=C2N)ccc1OC1=C(F)C=CCC1. The number of Topliss-reactive ketones (excluding diaryl/α,β-unsaturated/α-hetero) is 1. The standard InChI is InChI=1S/C39H48ClFN4O3/c1-24-13-18-45(28-11-12-34(25(2)20-28)48-35-10-5-4-9-32(35)41)38(42)30(19-24)37(46)39(3)23-26-21-36(31(40)22-33(26)43-39)47-29-14-16-44(17-15-29)27-7-6-8-27/h4,9,11-12,20-22,24,27,29,43H,5-8,10,13-19,23,42H2,1-3H3. The van der Waals surface area contributed by atoms with Crippen molar-refractivity contribution in [3.05, 3.63) is 81.6 Å². The van der Waals surface area contributed by atoms with Gasteiger partial charge in [0, 0.05) is 55.5 Å². The molecule has 2 aromatic carbocycles. The molecule has 1 saturated carbocycles. The van der Waals surface area contributed by atoms with E-state index in [4.69, 9.17) is 26.8 Å². The molecule has 5 aliphatic rings. The number of nitrogens with zero attached hydrogens (tertiary/aromatic N) is 2. The highest BCUT2D eigenvalue weighted by Gasteiger charge is 2.43. The highest BCUT2D eigenvalue weighted by molar-refractivity contribution is 6.32. The number of hydrogen-bond acceptors (Lipinski definition) is 7. The predicted octanol–water partition coefficient (Wildman–Crippen LogP) is 8.36. The fourth-order valence-corrected chi connectivity index (χ4v) is 8.07. The second kappa shape index (κ2) is 13.4. The Kier molecular flexibility index (Phi) is 9.24. The third kappa shape index (κ3) is 6.58. The fraction of sp³-hybridized carbons (Fsp3) is 0.513. The zero-order chi connectivity index (χ0) is 33.6. The van der Waals surface area contributed by atoms with Crippen LogP contribution in [0.3, 0.4) is 0 Å². The Balaban J connectivity index is 1.08. The lowest BCUT2D eigenvalue weighted by molar-refractivity contribution is -0.119. The third-order valence-electron chi connectivity index (χ3n) is 11.0. The first-order chi connectivity index (χ1) is 23.1. The Morgan fingerprint density at radius 2 is 1.88 bits per heavy atom. The van der Waals surface area contributed by atoms with Crippen LogP contribution in [0.2, 0.25) is 5.02 Å². The van der Waals surface area contributed by atoms with Gasteiger partial charge < -0.3 is 30.3 Å². The number of aryl methyl sites for hydroxylation is 1. The van der Waals surface area contributed by atoms with Gasteiger partial charge in [0.15, 0.2) is 11.6 Å². The number of carbonyl (C=O) groups excluding carboxylic acids is 1. The van der Waals surface area contributed by atoms with E-state index in [-0.39, 0.29) is 23.6 Å². The van der Waals surface area contributed by atoms with E-state index < -0.39 is 5.54 Å². The summed E-state index contributed by atoms with van der Waals surface area (Å²) in [5, 5.41) is 4.08. The highest BCUT2D eigenvalue weighted by Crippen LogP contribution is 2.43. The number of nitrogens with one attached hydrogen (secondary N) is 1. The number of halogens is 2. The van der Waals surface area contributed by atoms with Crippen LogP contribution < -0.4 is 25.4 Å².